The largest absolute Gasteiger partial charge is 0.460 e. The molecule has 0 aliphatic heterocycles. The first kappa shape index (κ1) is 48.3. The summed E-state index contributed by atoms with van der Waals surface area (Å²) in [4.78, 5) is 0. The van der Waals surface area contributed by atoms with Crippen LogP contribution in [0.15, 0.2) is 0 Å². The number of alkyl halides is 21. The molecule has 0 aromatic rings. The fourth-order valence-electron chi connectivity index (χ4n) is 3.68. The fourth-order valence-corrected chi connectivity index (χ4v) is 5.23. The van der Waals surface area contributed by atoms with E-state index in [0.717, 1.165) is 7.05 Å². The van der Waals surface area contributed by atoms with Crippen LogP contribution in [0.3, 0.4) is 0 Å². The number of aliphatic hydroxyl groups is 1. The zero-order valence-electron chi connectivity index (χ0n) is 23.9. The van der Waals surface area contributed by atoms with Gasteiger partial charge in [-0.3, -0.25) is 4.55 Å². The zero-order chi connectivity index (χ0) is 40.9. The van der Waals surface area contributed by atoms with Gasteiger partial charge in [0.2, 0.25) is 0 Å². The van der Waals surface area contributed by atoms with E-state index in [9.17, 15) is 109 Å². The molecule has 1 atom stereocenters. The predicted molar refractivity (Wildman–Crippen MR) is 121 cm³/mol. The lowest BCUT2D eigenvalue weighted by Crippen LogP contribution is -2.77. The Morgan fingerprint density at radius 3 is 1.16 bits per heavy atom. The van der Waals surface area contributed by atoms with Gasteiger partial charge in [-0.2, -0.15) is 101 Å². The molecule has 0 rings (SSSR count). The number of rotatable bonds is 20. The van der Waals surface area contributed by atoms with E-state index < -0.39 is 122 Å². The van der Waals surface area contributed by atoms with Gasteiger partial charge in [0.05, 0.1) is 32.5 Å². The van der Waals surface area contributed by atoms with Crippen LogP contribution in [-0.2, 0) is 20.1 Å². The highest BCUT2D eigenvalue weighted by Gasteiger charge is 2.98. The number of quaternary nitrogens is 1. The van der Waals surface area contributed by atoms with Crippen LogP contribution in [0.4, 0.5) is 92.2 Å². The van der Waals surface area contributed by atoms with Crippen LogP contribution >= 0.6 is 0 Å². The Balaban J connectivity index is 6.59. The first-order valence-corrected chi connectivity index (χ1v) is 15.4. The lowest BCUT2D eigenvalue weighted by Gasteiger charge is -2.44. The summed E-state index contributed by atoms with van der Waals surface area (Å²) in [7, 11) is -11.1. The lowest BCUT2D eigenvalue weighted by atomic mass is 9.87. The van der Waals surface area contributed by atoms with Crippen LogP contribution in [0.2, 0.25) is 0 Å². The second-order valence-corrected chi connectivity index (χ2v) is 13.9. The van der Waals surface area contributed by atoms with E-state index >= 15 is 0 Å². The van der Waals surface area contributed by atoms with Gasteiger partial charge in [-0.05, 0) is 0 Å². The van der Waals surface area contributed by atoms with Gasteiger partial charge in [0.15, 0.2) is 0 Å². The van der Waals surface area contributed by atoms with Crippen molar-refractivity contribution in [3.8, 4) is 0 Å². The van der Waals surface area contributed by atoms with Crippen molar-refractivity contribution in [2.24, 2.45) is 0 Å². The maximum atomic E-state index is 14.2. The summed E-state index contributed by atoms with van der Waals surface area (Å²) in [6.45, 7) is -3.65. The summed E-state index contributed by atoms with van der Waals surface area (Å²) in [6.07, 6.45) is -9.44. The monoisotopic (exact) mass is 837 g/mol. The molecular formula is C19H22F21N2O6S2+. The normalized spacial score (nSPS) is 17.2. The average molecular weight is 837 g/mol. The first-order valence-electron chi connectivity index (χ1n) is 12.3. The predicted octanol–water partition coefficient (Wildman–Crippen LogP) is 5.25. The Labute approximate surface area is 265 Å². The number of likely N-dealkylation sites (N-methyl/N-ethyl adjacent to an activating group) is 1. The quantitative estimate of drug-likeness (QED) is 0.0668. The zero-order valence-corrected chi connectivity index (χ0v) is 25.5. The molecule has 0 saturated carbocycles. The molecule has 0 spiro atoms. The third-order valence-electron chi connectivity index (χ3n) is 6.73. The van der Waals surface area contributed by atoms with Crippen molar-refractivity contribution < 1.29 is 123 Å². The van der Waals surface area contributed by atoms with E-state index in [1.165, 1.54) is 0 Å². The molecule has 0 amide bonds. The van der Waals surface area contributed by atoms with Gasteiger partial charge in [-0.15, -0.1) is 0 Å². The Bertz CT molecular complexity index is 1400. The van der Waals surface area contributed by atoms with E-state index in [2.05, 4.69) is 0 Å². The summed E-state index contributed by atoms with van der Waals surface area (Å²) < 4.78 is 337. The number of nitrogens with one attached hydrogen (secondary N) is 1. The van der Waals surface area contributed by atoms with Gasteiger partial charge in [0, 0.05) is 19.4 Å². The summed E-state index contributed by atoms with van der Waals surface area (Å²) in [5.74, 6) is -73.7. The molecule has 31 heteroatoms. The second-order valence-electron chi connectivity index (χ2n) is 10.5. The van der Waals surface area contributed by atoms with E-state index in [0.29, 0.717) is 4.72 Å². The number of aliphatic hydroxyl groups excluding tert-OH is 1. The molecule has 50 heavy (non-hydrogen) atoms. The molecule has 0 aliphatic carbocycles. The first-order chi connectivity index (χ1) is 21.5. The van der Waals surface area contributed by atoms with Crippen molar-refractivity contribution in [1.29, 1.82) is 0 Å². The Morgan fingerprint density at radius 1 is 0.520 bits per heavy atom. The van der Waals surface area contributed by atoms with Gasteiger partial charge >= 0.3 is 58.8 Å². The summed E-state index contributed by atoms with van der Waals surface area (Å²) in [6, 6.07) is 0. The van der Waals surface area contributed by atoms with Crippen molar-refractivity contribution >= 4 is 20.1 Å². The highest BCUT2D eigenvalue weighted by molar-refractivity contribution is 7.90. The van der Waals surface area contributed by atoms with Crippen LogP contribution in [0.5, 0.6) is 0 Å². The van der Waals surface area contributed by atoms with Gasteiger partial charge < -0.3 is 9.59 Å². The highest BCUT2D eigenvalue weighted by atomic mass is 32.2. The average Bonchev–Trinajstić information content (AvgIpc) is 2.88. The van der Waals surface area contributed by atoms with Gasteiger partial charge in [-0.25, -0.2) is 13.1 Å². The Kier molecular flexibility index (Phi) is 13.4. The van der Waals surface area contributed by atoms with Crippen LogP contribution < -0.4 is 4.72 Å². The molecule has 302 valence electrons. The molecule has 0 radical (unpaired) electrons. The molecule has 1 unspecified atom stereocenters. The van der Waals surface area contributed by atoms with Crippen molar-refractivity contribution in [2.75, 3.05) is 45.6 Å². The second kappa shape index (κ2) is 13.9. The summed E-state index contributed by atoms with van der Waals surface area (Å²) in [5, 5.41) is 1.18. The van der Waals surface area contributed by atoms with E-state index in [1.807, 2.05) is 0 Å². The Hall–Kier alpha value is -1.73. The minimum atomic E-state index is -9.42. The van der Waals surface area contributed by atoms with Crippen LogP contribution in [0.1, 0.15) is 12.8 Å². The smallest absolute Gasteiger partial charge is 0.391 e. The molecule has 0 bridgehead atoms. The minimum Gasteiger partial charge on any atom is -0.391 e. The standard InChI is InChI=1S/C19H21F21N2O6S2/c1-42(7-8-43,6-3-9-49(44,45)46)5-2-4-41-50(47,48)19(39,40)17(34,35)15(30,31)13(26,27)11(22,23)10(20,21)12(24,25)14(28,29)16(32,33)18(36,37)38/h41,43H,2-9H2,1H3/p+1. The van der Waals surface area contributed by atoms with Crippen LogP contribution in [-0.4, -0.2) is 135 Å². The van der Waals surface area contributed by atoms with Gasteiger partial charge in [0.25, 0.3) is 20.1 Å². The van der Waals surface area contributed by atoms with Crippen LogP contribution in [0.25, 0.3) is 0 Å². The third-order valence-corrected chi connectivity index (χ3v) is 9.05. The molecule has 8 nitrogen and oxygen atoms in total. The number of halogens is 21. The van der Waals surface area contributed by atoms with E-state index in [-0.39, 0.29) is 13.1 Å². The van der Waals surface area contributed by atoms with E-state index in [4.69, 9.17) is 9.66 Å². The number of hydrogen-bond donors (Lipinski definition) is 3. The fraction of sp³-hybridized carbons (Fsp3) is 1.00. The third kappa shape index (κ3) is 7.94. The number of nitrogens with zero attached hydrogens (tertiary/aromatic N) is 1. The van der Waals surface area contributed by atoms with Gasteiger partial charge in [-0.1, -0.05) is 0 Å². The number of sulfonamides is 1. The number of hydrogen-bond acceptors (Lipinski definition) is 5. The highest BCUT2D eigenvalue weighted by Crippen LogP contribution is 2.66. The SMILES string of the molecule is C[N+](CCO)(CCCNS(=O)(=O)C(F)(F)C(F)(F)C(F)(F)C(F)(F)C(F)(F)C(F)(F)C(F)(F)C(F)(F)C(F)(F)C(F)(F)F)CCCS(=O)(=O)O. The topological polar surface area (TPSA) is 121 Å². The van der Waals surface area contributed by atoms with Crippen molar-refractivity contribution in [2.45, 2.75) is 71.7 Å². The molecule has 0 aromatic heterocycles. The Morgan fingerprint density at radius 2 is 0.840 bits per heavy atom. The van der Waals surface area contributed by atoms with Crippen molar-refractivity contribution in [3.05, 3.63) is 0 Å². The molecule has 3 N–H and O–H groups in total. The molecular weight excluding hydrogens is 815 g/mol. The van der Waals surface area contributed by atoms with Crippen molar-refractivity contribution in [3.63, 3.8) is 0 Å². The molecule has 0 saturated heterocycles. The molecule has 0 aromatic carbocycles. The van der Waals surface area contributed by atoms with Gasteiger partial charge in [0.1, 0.15) is 6.54 Å². The van der Waals surface area contributed by atoms with Crippen molar-refractivity contribution in [1.82, 2.24) is 4.72 Å². The molecule has 0 heterocycles. The van der Waals surface area contributed by atoms with Crippen LogP contribution in [0, 0.1) is 0 Å². The summed E-state index contributed by atoms with van der Waals surface area (Å²) >= 11 is 0. The molecule has 0 fully saturated rings. The minimum absolute atomic E-state index is 0.333. The summed E-state index contributed by atoms with van der Waals surface area (Å²) in [5.41, 5.74) is 0. The van der Waals surface area contributed by atoms with E-state index in [1.54, 1.807) is 0 Å². The lowest BCUT2D eigenvalue weighted by molar-refractivity contribution is -0.909. The maximum Gasteiger partial charge on any atom is 0.460 e. The maximum absolute atomic E-state index is 14.2. The molecule has 0 aliphatic rings.